The molecule has 0 aromatic heterocycles. The Balaban J connectivity index is 3.25. The monoisotopic (exact) mass is 208 g/mol. The molecular weight excluding hydrogens is 200 g/mol. The second kappa shape index (κ2) is 4.23. The van der Waals surface area contributed by atoms with Crippen LogP contribution in [0.3, 0.4) is 0 Å². The lowest BCUT2D eigenvalue weighted by Crippen LogP contribution is -2.17. The van der Waals surface area contributed by atoms with Gasteiger partial charge in [-0.15, -0.1) is 13.2 Å². The normalized spacial score (nSPS) is 13.9. The molecule has 7 heteroatoms. The van der Waals surface area contributed by atoms with Gasteiger partial charge in [-0.2, -0.15) is 0 Å². The first-order valence-corrected chi connectivity index (χ1v) is 3.25. The lowest BCUT2D eigenvalue weighted by molar-refractivity contribution is -0.274. The van der Waals surface area contributed by atoms with Gasteiger partial charge in [-0.05, 0) is 12.1 Å². The van der Waals surface area contributed by atoms with Crippen LogP contribution in [0.15, 0.2) is 24.2 Å². The van der Waals surface area contributed by atoms with Gasteiger partial charge in [0.1, 0.15) is 11.5 Å². The minimum Gasteiger partial charge on any atom is -0.537 e. The smallest absolute Gasteiger partial charge is 0.537 e. The third-order valence-electron chi connectivity index (χ3n) is 1.02. The Bertz CT molecular complexity index is 427. The topological polar surface area (TPSA) is 38.7 Å². The second-order valence-corrected chi connectivity index (χ2v) is 1.99. The fourth-order valence-electron chi connectivity index (χ4n) is 0.629. The van der Waals surface area contributed by atoms with Crippen LogP contribution in [0.2, 0.25) is 0 Å². The van der Waals surface area contributed by atoms with E-state index in [-0.39, 0.29) is 7.69 Å². The molecule has 0 heterocycles. The van der Waals surface area contributed by atoms with Crippen molar-refractivity contribution in [2.45, 2.75) is 6.36 Å². The third kappa shape index (κ3) is 3.57. The Labute approximate surface area is 82.6 Å². The van der Waals surface area contributed by atoms with Crippen molar-refractivity contribution in [2.24, 2.45) is 0 Å². The van der Waals surface area contributed by atoms with E-state index in [1.807, 2.05) is 0 Å². The molecule has 1 radical (unpaired) electrons. The molecule has 1 N–H and O–H groups in total. The Morgan fingerprint density at radius 3 is 2.57 bits per heavy atom. The van der Waals surface area contributed by atoms with Gasteiger partial charge in [-0.1, -0.05) is 6.07 Å². The molecule has 1 rings (SSSR count). The zero-order chi connectivity index (χ0) is 13.2. The van der Waals surface area contributed by atoms with Crippen LogP contribution in [0.4, 0.5) is 13.2 Å². The molecule has 0 aliphatic heterocycles. The van der Waals surface area contributed by atoms with Crippen LogP contribution in [0.25, 0.3) is 0 Å². The first kappa shape index (κ1) is 7.00. The summed E-state index contributed by atoms with van der Waals surface area (Å²) in [7, 11) is 0.117. The highest BCUT2D eigenvalue weighted by Crippen LogP contribution is 2.25. The maximum atomic E-state index is 12.0. The molecule has 0 atom stereocenters. The molecule has 0 saturated carbocycles. The number of benzene rings is 1. The van der Waals surface area contributed by atoms with Crippen molar-refractivity contribution in [3.63, 3.8) is 0 Å². The highest BCUT2D eigenvalue weighted by Gasteiger charge is 2.31. The molecule has 0 aliphatic carbocycles. The molecule has 3 nitrogen and oxygen atoms in total. The van der Waals surface area contributed by atoms with Crippen LogP contribution < -0.4 is 9.39 Å². The highest BCUT2D eigenvalue weighted by molar-refractivity contribution is 6.17. The molecule has 0 saturated heterocycles. The fourth-order valence-corrected chi connectivity index (χ4v) is 0.629. The largest absolute Gasteiger partial charge is 0.573 e. The number of ether oxygens (including phenoxy) is 1. The quantitative estimate of drug-likeness (QED) is 0.764. The van der Waals surface area contributed by atoms with E-state index in [9.17, 15) is 13.2 Å². The molecule has 1 aromatic carbocycles. The lowest BCUT2D eigenvalue weighted by atomic mass is 10.3. The lowest BCUT2D eigenvalue weighted by Gasteiger charge is -2.09. The van der Waals surface area contributed by atoms with Crippen molar-refractivity contribution in [2.75, 3.05) is 0 Å². The predicted molar refractivity (Wildman–Crippen MR) is 41.7 cm³/mol. The van der Waals surface area contributed by atoms with Crippen molar-refractivity contribution in [3.8, 4) is 11.5 Å². The van der Waals surface area contributed by atoms with E-state index >= 15 is 0 Å². The molecule has 0 amide bonds. The van der Waals surface area contributed by atoms with Gasteiger partial charge in [0, 0.05) is 6.04 Å². The van der Waals surface area contributed by atoms with Gasteiger partial charge in [0.15, 0.2) is 0 Å². The minimum absolute atomic E-state index is 0.117. The first-order valence-electron chi connectivity index (χ1n) is 4.75. The zero-order valence-corrected chi connectivity index (χ0v) is 6.55. The van der Waals surface area contributed by atoms with E-state index in [0.29, 0.717) is 6.07 Å². The Morgan fingerprint density at radius 2 is 2.00 bits per heavy atom. The predicted octanol–water partition coefficient (Wildman–Crippen LogP) is 1.49. The molecule has 0 spiro atoms. The van der Waals surface area contributed by atoms with Crippen molar-refractivity contribution in [1.29, 1.82) is 0 Å². The molecule has 0 fully saturated rings. The summed E-state index contributed by atoms with van der Waals surface area (Å²) in [6.45, 7) is 0. The van der Waals surface area contributed by atoms with Crippen molar-refractivity contribution < 1.29 is 31.7 Å². The Morgan fingerprint density at radius 1 is 1.36 bits per heavy atom. The molecule has 14 heavy (non-hydrogen) atoms. The summed E-state index contributed by atoms with van der Waals surface area (Å²) in [4.78, 5) is 0. The Hall–Kier alpha value is -1.37. The molecule has 0 aliphatic rings. The van der Waals surface area contributed by atoms with Crippen LogP contribution in [0, 0.1) is 0 Å². The van der Waals surface area contributed by atoms with Gasteiger partial charge < -0.3 is 14.4 Å². The number of hydrogen-bond acceptors (Lipinski definition) is 3. The van der Waals surface area contributed by atoms with Crippen molar-refractivity contribution >= 4 is 7.69 Å². The maximum absolute atomic E-state index is 12.0. The average Bonchev–Trinajstić information content (AvgIpc) is 2.18. The molecule has 0 unspecified atom stereocenters. The van der Waals surface area contributed by atoms with Crippen LogP contribution in [0.5, 0.6) is 11.5 Å². The van der Waals surface area contributed by atoms with E-state index in [1.165, 1.54) is 0 Å². The van der Waals surface area contributed by atoms with E-state index in [0.717, 1.165) is 0 Å². The summed E-state index contributed by atoms with van der Waals surface area (Å²) in [6.07, 6.45) is -5.06. The second-order valence-electron chi connectivity index (χ2n) is 1.99. The minimum atomic E-state index is -5.06. The van der Waals surface area contributed by atoms with Gasteiger partial charge in [-0.3, -0.25) is 0 Å². The SMILES string of the molecule is [2H]c1cc([2H])c(OC(F)(F)F)c([2H])c1O[B]O. The average molecular weight is 208 g/mol. The van der Waals surface area contributed by atoms with Crippen LogP contribution in [0.1, 0.15) is 4.11 Å². The molecule has 75 valence electrons. The molecule has 0 bridgehead atoms. The van der Waals surface area contributed by atoms with Crippen LogP contribution >= 0.6 is 0 Å². The first-order chi connectivity index (χ1) is 7.76. The number of halogens is 3. The number of rotatable bonds is 3. The summed E-state index contributed by atoms with van der Waals surface area (Å²) >= 11 is 0. The Kier molecular flexibility index (Phi) is 2.11. The van der Waals surface area contributed by atoms with Gasteiger partial charge in [0.05, 0.1) is 4.11 Å². The van der Waals surface area contributed by atoms with Gasteiger partial charge in [-0.25, -0.2) is 0 Å². The zero-order valence-electron chi connectivity index (χ0n) is 9.55. The third-order valence-corrected chi connectivity index (χ3v) is 1.02. The molecular formula is C7H5BF3O3. The van der Waals surface area contributed by atoms with E-state index in [4.69, 9.17) is 9.14 Å². The van der Waals surface area contributed by atoms with Crippen molar-refractivity contribution in [1.82, 2.24) is 0 Å². The summed E-state index contributed by atoms with van der Waals surface area (Å²) in [6, 6.07) is -1.52. The van der Waals surface area contributed by atoms with Gasteiger partial charge in [0.25, 0.3) is 0 Å². The highest BCUT2D eigenvalue weighted by atomic mass is 19.4. The van der Waals surface area contributed by atoms with Gasteiger partial charge >= 0.3 is 14.0 Å². The van der Waals surface area contributed by atoms with E-state index < -0.39 is 36.0 Å². The van der Waals surface area contributed by atoms with E-state index in [1.54, 1.807) is 0 Å². The summed E-state index contributed by atoms with van der Waals surface area (Å²) < 4.78 is 65.4. The molecule has 1 aromatic rings. The standard InChI is InChI=1S/C7H5BF3O3/c9-7(10,11)13-5-2-1-3-6(4-5)14-8-12/h1-4,12H/i2D,3D,4D. The van der Waals surface area contributed by atoms with Gasteiger partial charge in [0.2, 0.25) is 0 Å². The summed E-state index contributed by atoms with van der Waals surface area (Å²) in [5.74, 6) is -1.73. The summed E-state index contributed by atoms with van der Waals surface area (Å²) in [5, 5.41) is 8.34. The summed E-state index contributed by atoms with van der Waals surface area (Å²) in [5.41, 5.74) is 0. The van der Waals surface area contributed by atoms with E-state index in [2.05, 4.69) is 9.39 Å². The fraction of sp³-hybridized carbons (Fsp3) is 0.143. The number of hydrogen-bond donors (Lipinski definition) is 1. The van der Waals surface area contributed by atoms with Crippen molar-refractivity contribution in [3.05, 3.63) is 24.2 Å². The van der Waals surface area contributed by atoms with Crippen LogP contribution in [-0.4, -0.2) is 19.1 Å². The van der Waals surface area contributed by atoms with Crippen LogP contribution in [-0.2, 0) is 0 Å². The maximum Gasteiger partial charge on any atom is 0.573 e. The number of alkyl halides is 3.